The normalized spacial score (nSPS) is 17.1. The molecule has 1 aromatic carbocycles. The van der Waals surface area contributed by atoms with Gasteiger partial charge in [0.2, 0.25) is 0 Å². The summed E-state index contributed by atoms with van der Waals surface area (Å²) in [7, 11) is 0. The molecule has 3 nitrogen and oxygen atoms in total. The molecule has 0 spiro atoms. The molecular weight excluding hydrogens is 304 g/mol. The molecule has 19 heavy (non-hydrogen) atoms. The quantitative estimate of drug-likeness (QED) is 0.935. The van der Waals surface area contributed by atoms with E-state index >= 15 is 0 Å². The smallest absolute Gasteiger partial charge is 0.0492 e. The summed E-state index contributed by atoms with van der Waals surface area (Å²) in [5.74, 6) is 0. The Morgan fingerprint density at radius 1 is 1.26 bits per heavy atom. The van der Waals surface area contributed by atoms with Gasteiger partial charge in [-0.1, -0.05) is 22.0 Å². The Morgan fingerprint density at radius 3 is 2.95 bits per heavy atom. The van der Waals surface area contributed by atoms with Crippen LogP contribution in [-0.2, 0) is 11.3 Å². The second-order valence-electron chi connectivity index (χ2n) is 5.02. The van der Waals surface area contributed by atoms with Crippen molar-refractivity contribution in [2.45, 2.75) is 25.4 Å². The van der Waals surface area contributed by atoms with Crippen LogP contribution in [0, 0.1) is 0 Å². The van der Waals surface area contributed by atoms with Gasteiger partial charge in [0.1, 0.15) is 0 Å². The number of hydrogen-bond donors (Lipinski definition) is 1. The standard InChI is InChI=1S/C15H19BrN2O/c16-14-2-1-3-15-13(14)4-8-18(15)9-7-17-12-5-10-19-11-6-12/h1-4,8,12,17H,5-7,9-11H2. The third kappa shape index (κ3) is 3.02. The molecule has 0 atom stereocenters. The van der Waals surface area contributed by atoms with Gasteiger partial charge in [-0.2, -0.15) is 0 Å². The summed E-state index contributed by atoms with van der Waals surface area (Å²) in [6.45, 7) is 3.83. The van der Waals surface area contributed by atoms with Crippen molar-refractivity contribution in [1.82, 2.24) is 9.88 Å². The van der Waals surface area contributed by atoms with Crippen molar-refractivity contribution < 1.29 is 4.74 Å². The second kappa shape index (κ2) is 6.07. The van der Waals surface area contributed by atoms with E-state index in [1.807, 2.05) is 0 Å². The first-order valence-electron chi connectivity index (χ1n) is 6.89. The van der Waals surface area contributed by atoms with E-state index in [4.69, 9.17) is 4.74 Å². The summed E-state index contributed by atoms with van der Waals surface area (Å²) >= 11 is 3.60. The van der Waals surface area contributed by atoms with E-state index in [9.17, 15) is 0 Å². The summed E-state index contributed by atoms with van der Waals surface area (Å²) in [6.07, 6.45) is 4.44. The minimum atomic E-state index is 0.627. The predicted molar refractivity (Wildman–Crippen MR) is 81.5 cm³/mol. The van der Waals surface area contributed by atoms with Gasteiger partial charge >= 0.3 is 0 Å². The van der Waals surface area contributed by atoms with Gasteiger partial charge in [0, 0.05) is 53.9 Å². The maximum Gasteiger partial charge on any atom is 0.0492 e. The minimum absolute atomic E-state index is 0.627. The van der Waals surface area contributed by atoms with Crippen LogP contribution >= 0.6 is 15.9 Å². The lowest BCUT2D eigenvalue weighted by molar-refractivity contribution is 0.0779. The van der Waals surface area contributed by atoms with Crippen molar-refractivity contribution in [2.75, 3.05) is 19.8 Å². The maximum absolute atomic E-state index is 5.37. The van der Waals surface area contributed by atoms with Crippen molar-refractivity contribution in [3.05, 3.63) is 34.9 Å². The third-order valence-corrected chi connectivity index (χ3v) is 4.46. The van der Waals surface area contributed by atoms with Gasteiger partial charge in [0.05, 0.1) is 0 Å². The Bertz CT molecular complexity index is 546. The number of halogens is 1. The van der Waals surface area contributed by atoms with Crippen LogP contribution in [0.4, 0.5) is 0 Å². The SMILES string of the molecule is Brc1cccc2c1ccn2CCNC1CCOCC1. The highest BCUT2D eigenvalue weighted by Crippen LogP contribution is 2.24. The highest BCUT2D eigenvalue weighted by molar-refractivity contribution is 9.10. The van der Waals surface area contributed by atoms with Crippen LogP contribution in [0.5, 0.6) is 0 Å². The molecule has 2 heterocycles. The van der Waals surface area contributed by atoms with Gasteiger partial charge in [-0.25, -0.2) is 0 Å². The molecule has 102 valence electrons. The maximum atomic E-state index is 5.37. The molecule has 0 saturated carbocycles. The molecule has 4 heteroatoms. The number of fused-ring (bicyclic) bond motifs is 1. The largest absolute Gasteiger partial charge is 0.381 e. The van der Waals surface area contributed by atoms with Gasteiger partial charge in [0.25, 0.3) is 0 Å². The number of hydrogen-bond acceptors (Lipinski definition) is 2. The molecule has 1 N–H and O–H groups in total. The van der Waals surface area contributed by atoms with Crippen molar-refractivity contribution in [3.8, 4) is 0 Å². The van der Waals surface area contributed by atoms with E-state index in [2.05, 4.69) is 56.3 Å². The van der Waals surface area contributed by atoms with Crippen LogP contribution in [0.3, 0.4) is 0 Å². The van der Waals surface area contributed by atoms with E-state index in [1.54, 1.807) is 0 Å². The molecule has 1 fully saturated rings. The van der Waals surface area contributed by atoms with E-state index in [0.29, 0.717) is 6.04 Å². The topological polar surface area (TPSA) is 26.2 Å². The molecule has 0 aliphatic carbocycles. The van der Waals surface area contributed by atoms with Crippen LogP contribution in [-0.4, -0.2) is 30.4 Å². The Morgan fingerprint density at radius 2 is 2.11 bits per heavy atom. The van der Waals surface area contributed by atoms with Crippen LogP contribution in [0.15, 0.2) is 34.9 Å². The van der Waals surface area contributed by atoms with Gasteiger partial charge in [-0.05, 0) is 31.0 Å². The molecule has 1 saturated heterocycles. The molecule has 0 bridgehead atoms. The van der Waals surface area contributed by atoms with Crippen LogP contribution in [0.2, 0.25) is 0 Å². The van der Waals surface area contributed by atoms with E-state index in [-0.39, 0.29) is 0 Å². The fourth-order valence-electron chi connectivity index (χ4n) is 2.67. The fraction of sp³-hybridized carbons (Fsp3) is 0.467. The first-order valence-corrected chi connectivity index (χ1v) is 7.68. The minimum Gasteiger partial charge on any atom is -0.381 e. The number of nitrogens with zero attached hydrogens (tertiary/aromatic N) is 1. The molecular formula is C15H19BrN2O. The number of aromatic nitrogens is 1. The zero-order valence-electron chi connectivity index (χ0n) is 10.9. The van der Waals surface area contributed by atoms with Gasteiger partial charge < -0.3 is 14.6 Å². The number of rotatable bonds is 4. The van der Waals surface area contributed by atoms with E-state index < -0.39 is 0 Å². The summed E-state index contributed by atoms with van der Waals surface area (Å²) in [6, 6.07) is 9.16. The molecule has 1 aromatic heterocycles. The zero-order valence-corrected chi connectivity index (χ0v) is 12.5. The van der Waals surface area contributed by atoms with E-state index in [1.165, 1.54) is 15.4 Å². The second-order valence-corrected chi connectivity index (χ2v) is 5.88. The van der Waals surface area contributed by atoms with Crippen LogP contribution < -0.4 is 5.32 Å². The average molecular weight is 323 g/mol. The summed E-state index contributed by atoms with van der Waals surface area (Å²) < 4.78 is 8.85. The molecule has 0 amide bonds. The monoisotopic (exact) mass is 322 g/mol. The third-order valence-electron chi connectivity index (χ3n) is 3.77. The molecule has 0 unspecified atom stereocenters. The van der Waals surface area contributed by atoms with Gasteiger partial charge in [-0.15, -0.1) is 0 Å². The summed E-state index contributed by atoms with van der Waals surface area (Å²) in [5, 5.41) is 4.91. The summed E-state index contributed by atoms with van der Waals surface area (Å²) in [4.78, 5) is 0. The highest BCUT2D eigenvalue weighted by atomic mass is 79.9. The fourth-order valence-corrected chi connectivity index (χ4v) is 3.16. The number of ether oxygens (including phenoxy) is 1. The van der Waals surface area contributed by atoms with Crippen molar-refractivity contribution in [3.63, 3.8) is 0 Å². The average Bonchev–Trinajstić information content (AvgIpc) is 2.85. The Kier molecular flexibility index (Phi) is 4.21. The first-order chi connectivity index (χ1) is 9.34. The number of benzene rings is 1. The van der Waals surface area contributed by atoms with Crippen molar-refractivity contribution >= 4 is 26.8 Å². The molecule has 1 aliphatic heterocycles. The molecule has 3 rings (SSSR count). The van der Waals surface area contributed by atoms with Crippen molar-refractivity contribution in [1.29, 1.82) is 0 Å². The molecule has 1 aliphatic rings. The van der Waals surface area contributed by atoms with Crippen LogP contribution in [0.25, 0.3) is 10.9 Å². The van der Waals surface area contributed by atoms with Crippen LogP contribution in [0.1, 0.15) is 12.8 Å². The molecule has 0 radical (unpaired) electrons. The lowest BCUT2D eigenvalue weighted by Crippen LogP contribution is -2.36. The predicted octanol–water partition coefficient (Wildman–Crippen LogP) is 3.17. The van der Waals surface area contributed by atoms with E-state index in [0.717, 1.165) is 39.1 Å². The van der Waals surface area contributed by atoms with Gasteiger partial charge in [0.15, 0.2) is 0 Å². The Balaban J connectivity index is 1.60. The van der Waals surface area contributed by atoms with Crippen molar-refractivity contribution in [2.24, 2.45) is 0 Å². The highest BCUT2D eigenvalue weighted by Gasteiger charge is 2.12. The lowest BCUT2D eigenvalue weighted by Gasteiger charge is -2.23. The Hall–Kier alpha value is -0.840. The van der Waals surface area contributed by atoms with Gasteiger partial charge in [-0.3, -0.25) is 0 Å². The zero-order chi connectivity index (χ0) is 13.1. The summed E-state index contributed by atoms with van der Waals surface area (Å²) in [5.41, 5.74) is 1.29. The Labute approximate surface area is 122 Å². The first kappa shape index (κ1) is 13.2. The lowest BCUT2D eigenvalue weighted by atomic mass is 10.1. The number of nitrogens with one attached hydrogen (secondary N) is 1. The molecule has 2 aromatic rings.